The quantitative estimate of drug-likeness (QED) is 0.932. The summed E-state index contributed by atoms with van der Waals surface area (Å²) in [4.78, 5) is 13.1. The highest BCUT2D eigenvalue weighted by molar-refractivity contribution is 5.84. The fourth-order valence-corrected chi connectivity index (χ4v) is 4.77. The first kappa shape index (κ1) is 15.2. The molecule has 4 rings (SSSR count). The number of rotatable bonds is 3. The van der Waals surface area contributed by atoms with Crippen molar-refractivity contribution in [1.29, 1.82) is 0 Å². The number of ether oxygens (including phenoxy) is 2. The lowest BCUT2D eigenvalue weighted by Crippen LogP contribution is -2.63. The highest BCUT2D eigenvalue weighted by atomic mass is 16.7. The molecule has 0 radical (unpaired) electrons. The van der Waals surface area contributed by atoms with Crippen LogP contribution in [0.3, 0.4) is 0 Å². The molecular formula is C19H25NO3. The van der Waals surface area contributed by atoms with Crippen LogP contribution in [0.5, 0.6) is 0 Å². The zero-order valence-electron chi connectivity index (χ0n) is 13.7. The van der Waals surface area contributed by atoms with Gasteiger partial charge in [0.2, 0.25) is 5.91 Å². The minimum absolute atomic E-state index is 0.0302. The Morgan fingerprint density at radius 2 is 1.91 bits per heavy atom. The first-order valence-corrected chi connectivity index (χ1v) is 8.80. The van der Waals surface area contributed by atoms with Gasteiger partial charge < -0.3 is 14.8 Å². The highest BCUT2D eigenvalue weighted by Crippen LogP contribution is 2.61. The molecular weight excluding hydrogens is 290 g/mol. The van der Waals surface area contributed by atoms with Crippen LogP contribution in [0.4, 0.5) is 0 Å². The molecule has 1 spiro atoms. The van der Waals surface area contributed by atoms with Crippen LogP contribution in [0.15, 0.2) is 30.3 Å². The van der Waals surface area contributed by atoms with Gasteiger partial charge >= 0.3 is 0 Å². The van der Waals surface area contributed by atoms with E-state index in [-0.39, 0.29) is 23.3 Å². The lowest BCUT2D eigenvalue weighted by molar-refractivity contribution is -0.270. The third-order valence-corrected chi connectivity index (χ3v) is 6.10. The van der Waals surface area contributed by atoms with Gasteiger partial charge in [-0.15, -0.1) is 0 Å². The zero-order chi connectivity index (χ0) is 15.9. The van der Waals surface area contributed by atoms with Crippen LogP contribution in [0.25, 0.3) is 0 Å². The molecule has 0 bridgehead atoms. The van der Waals surface area contributed by atoms with E-state index in [1.807, 2.05) is 18.2 Å². The van der Waals surface area contributed by atoms with Gasteiger partial charge in [-0.05, 0) is 38.2 Å². The first-order valence-electron chi connectivity index (χ1n) is 8.80. The molecule has 4 heteroatoms. The third-order valence-electron chi connectivity index (χ3n) is 6.10. The summed E-state index contributed by atoms with van der Waals surface area (Å²) >= 11 is 0. The molecule has 1 heterocycles. The minimum atomic E-state index is -0.482. The maximum Gasteiger partial charge on any atom is 0.227 e. The maximum atomic E-state index is 13.1. The molecule has 2 aliphatic carbocycles. The Labute approximate surface area is 137 Å². The van der Waals surface area contributed by atoms with E-state index in [0.29, 0.717) is 13.2 Å². The number of nitrogens with one attached hydrogen (secondary N) is 1. The van der Waals surface area contributed by atoms with Gasteiger partial charge in [-0.2, -0.15) is 0 Å². The molecule has 1 aliphatic heterocycles. The average molecular weight is 315 g/mol. The van der Waals surface area contributed by atoms with E-state index in [2.05, 4.69) is 24.4 Å². The minimum Gasteiger partial charge on any atom is -0.349 e. The number of benzene rings is 1. The van der Waals surface area contributed by atoms with Crippen molar-refractivity contribution in [2.75, 3.05) is 13.2 Å². The van der Waals surface area contributed by atoms with E-state index in [4.69, 9.17) is 9.47 Å². The second kappa shape index (κ2) is 5.60. The Morgan fingerprint density at radius 3 is 2.57 bits per heavy atom. The molecule has 2 saturated carbocycles. The smallest absolute Gasteiger partial charge is 0.227 e. The van der Waals surface area contributed by atoms with Crippen LogP contribution < -0.4 is 5.32 Å². The molecule has 1 saturated heterocycles. The fourth-order valence-electron chi connectivity index (χ4n) is 4.77. The second-order valence-corrected chi connectivity index (χ2v) is 7.22. The summed E-state index contributed by atoms with van der Waals surface area (Å²) in [6.45, 7) is 3.38. The van der Waals surface area contributed by atoms with E-state index in [1.165, 1.54) is 0 Å². The molecule has 4 nitrogen and oxygen atoms in total. The number of carbonyl (C=O) groups is 1. The number of amides is 1. The van der Waals surface area contributed by atoms with E-state index in [0.717, 1.165) is 37.7 Å². The Hall–Kier alpha value is -1.39. The van der Waals surface area contributed by atoms with Crippen LogP contribution in [-0.2, 0) is 14.3 Å². The Morgan fingerprint density at radius 1 is 1.17 bits per heavy atom. The second-order valence-electron chi connectivity index (χ2n) is 7.22. The van der Waals surface area contributed by atoms with Crippen LogP contribution >= 0.6 is 0 Å². The molecule has 1 N–H and O–H groups in total. The lowest BCUT2D eigenvalue weighted by Gasteiger charge is -2.58. The van der Waals surface area contributed by atoms with Gasteiger partial charge in [0.05, 0.1) is 24.7 Å². The van der Waals surface area contributed by atoms with Gasteiger partial charge in [0, 0.05) is 12.3 Å². The van der Waals surface area contributed by atoms with Crippen LogP contribution in [0.2, 0.25) is 0 Å². The molecule has 3 atom stereocenters. The topological polar surface area (TPSA) is 47.6 Å². The summed E-state index contributed by atoms with van der Waals surface area (Å²) in [6, 6.07) is 10.2. The van der Waals surface area contributed by atoms with Crippen molar-refractivity contribution in [1.82, 2.24) is 5.32 Å². The van der Waals surface area contributed by atoms with Crippen molar-refractivity contribution >= 4 is 5.91 Å². The SMILES string of the molecule is CC(NC(=O)C12CCCC3(OCCO3)C1CC2)c1ccccc1. The summed E-state index contributed by atoms with van der Waals surface area (Å²) in [6.07, 6.45) is 4.89. The Kier molecular flexibility index (Phi) is 3.69. The molecule has 1 amide bonds. The summed E-state index contributed by atoms with van der Waals surface area (Å²) in [5.41, 5.74) is 0.859. The van der Waals surface area contributed by atoms with Gasteiger partial charge in [-0.3, -0.25) is 4.79 Å². The Balaban J connectivity index is 1.51. The normalized spacial score (nSPS) is 32.8. The molecule has 1 aromatic carbocycles. The van der Waals surface area contributed by atoms with Gasteiger partial charge in [-0.25, -0.2) is 0 Å². The molecule has 3 aliphatic rings. The van der Waals surface area contributed by atoms with Crippen molar-refractivity contribution in [2.45, 2.75) is 50.9 Å². The van der Waals surface area contributed by atoms with E-state index in [9.17, 15) is 4.79 Å². The van der Waals surface area contributed by atoms with Crippen LogP contribution in [0, 0.1) is 11.3 Å². The van der Waals surface area contributed by atoms with Crippen molar-refractivity contribution in [3.63, 3.8) is 0 Å². The summed E-state index contributed by atoms with van der Waals surface area (Å²) in [7, 11) is 0. The number of fused-ring (bicyclic) bond motifs is 2. The largest absolute Gasteiger partial charge is 0.349 e. The maximum absolute atomic E-state index is 13.1. The van der Waals surface area contributed by atoms with Crippen molar-refractivity contribution in [2.24, 2.45) is 11.3 Å². The first-order chi connectivity index (χ1) is 11.2. The average Bonchev–Trinajstić information content (AvgIpc) is 2.99. The van der Waals surface area contributed by atoms with Crippen molar-refractivity contribution in [3.05, 3.63) is 35.9 Å². The number of carbonyl (C=O) groups excluding carboxylic acids is 1. The number of hydrogen-bond acceptors (Lipinski definition) is 3. The molecule has 1 aromatic rings. The highest BCUT2D eigenvalue weighted by Gasteiger charge is 2.65. The predicted octanol–water partition coefficient (Wildman–Crippen LogP) is 3.19. The van der Waals surface area contributed by atoms with Crippen molar-refractivity contribution in [3.8, 4) is 0 Å². The van der Waals surface area contributed by atoms with Gasteiger partial charge in [0.1, 0.15) is 0 Å². The zero-order valence-corrected chi connectivity index (χ0v) is 13.7. The van der Waals surface area contributed by atoms with E-state index < -0.39 is 5.79 Å². The number of hydrogen-bond donors (Lipinski definition) is 1. The van der Waals surface area contributed by atoms with Crippen LogP contribution in [0.1, 0.15) is 50.6 Å². The summed E-state index contributed by atoms with van der Waals surface area (Å²) in [5.74, 6) is -0.0819. The van der Waals surface area contributed by atoms with Gasteiger partial charge in [-0.1, -0.05) is 30.3 Å². The van der Waals surface area contributed by atoms with Gasteiger partial charge in [0.25, 0.3) is 0 Å². The predicted molar refractivity (Wildman–Crippen MR) is 86.6 cm³/mol. The van der Waals surface area contributed by atoms with E-state index in [1.54, 1.807) is 0 Å². The summed E-state index contributed by atoms with van der Waals surface area (Å²) < 4.78 is 12.0. The van der Waals surface area contributed by atoms with Crippen LogP contribution in [-0.4, -0.2) is 24.9 Å². The van der Waals surface area contributed by atoms with Crippen molar-refractivity contribution < 1.29 is 14.3 Å². The lowest BCUT2D eigenvalue weighted by atomic mass is 9.51. The van der Waals surface area contributed by atoms with E-state index >= 15 is 0 Å². The fraction of sp³-hybridized carbons (Fsp3) is 0.632. The molecule has 124 valence electrons. The molecule has 3 fully saturated rings. The third kappa shape index (κ3) is 2.31. The molecule has 3 unspecified atom stereocenters. The monoisotopic (exact) mass is 315 g/mol. The standard InChI is InChI=1S/C19H25NO3/c1-14(15-6-3-2-4-7-15)20-17(21)18-9-5-10-19(16(18)8-11-18)22-12-13-23-19/h2-4,6-7,14,16H,5,8-13H2,1H3,(H,20,21). The Bertz CT molecular complexity index is 582. The molecule has 0 aromatic heterocycles. The van der Waals surface area contributed by atoms with Gasteiger partial charge in [0.15, 0.2) is 5.79 Å². The summed E-state index contributed by atoms with van der Waals surface area (Å²) in [5, 5.41) is 3.24. The molecule has 23 heavy (non-hydrogen) atoms.